The van der Waals surface area contributed by atoms with E-state index in [9.17, 15) is 0 Å². The minimum absolute atomic E-state index is 0.713. The highest BCUT2D eigenvalue weighted by Crippen LogP contribution is 2.27. The normalized spacial score (nSPS) is 12.5. The van der Waals surface area contributed by atoms with Gasteiger partial charge in [-0.2, -0.15) is 0 Å². The molecular weight excluding hydrogens is 216 g/mol. The first-order valence-electron chi connectivity index (χ1n) is 5.24. The number of ether oxygens (including phenoxy) is 1. The van der Waals surface area contributed by atoms with Gasteiger partial charge in [0.25, 0.3) is 0 Å². The second-order valence-corrected chi connectivity index (χ2v) is 3.66. The van der Waals surface area contributed by atoms with Crippen molar-refractivity contribution >= 4 is 22.9 Å². The first kappa shape index (κ1) is 11.2. The highest BCUT2D eigenvalue weighted by molar-refractivity contribution is 5.92. The zero-order chi connectivity index (χ0) is 12.3. The molecule has 0 saturated carbocycles. The number of aliphatic imine (C=N–C) groups is 1. The van der Waals surface area contributed by atoms with Gasteiger partial charge >= 0.3 is 5.82 Å². The van der Waals surface area contributed by atoms with Crippen LogP contribution in [0.25, 0.3) is 10.9 Å². The summed E-state index contributed by atoms with van der Waals surface area (Å²) in [5, 5.41) is 0.992. The van der Waals surface area contributed by atoms with Crippen molar-refractivity contribution in [1.82, 2.24) is 4.98 Å². The molecule has 0 aromatic carbocycles. The van der Waals surface area contributed by atoms with Crippen molar-refractivity contribution in [1.29, 1.82) is 0 Å². The molecule has 2 rings (SSSR count). The Morgan fingerprint density at radius 1 is 1.59 bits per heavy atom. The molecule has 2 aromatic heterocycles. The van der Waals surface area contributed by atoms with E-state index in [0.29, 0.717) is 5.70 Å². The summed E-state index contributed by atoms with van der Waals surface area (Å²) in [5.74, 6) is 1.52. The second kappa shape index (κ2) is 4.69. The van der Waals surface area contributed by atoms with E-state index in [2.05, 4.69) is 15.0 Å². The molecule has 0 saturated heterocycles. The molecular formula is C12H15N4O+. The Morgan fingerprint density at radius 2 is 2.41 bits per heavy atom. The molecule has 88 valence electrons. The predicted octanol–water partition coefficient (Wildman–Crippen LogP) is 1.56. The number of rotatable bonds is 3. The Hall–Kier alpha value is -2.30. The number of allylic oxidation sites excluding steroid dienone is 2. The minimum atomic E-state index is 0.713. The van der Waals surface area contributed by atoms with Gasteiger partial charge in [0.1, 0.15) is 17.9 Å². The van der Waals surface area contributed by atoms with Gasteiger partial charge in [-0.1, -0.05) is 0 Å². The van der Waals surface area contributed by atoms with E-state index in [1.807, 2.05) is 19.2 Å². The lowest BCUT2D eigenvalue weighted by molar-refractivity contribution is -0.361. The van der Waals surface area contributed by atoms with Crippen molar-refractivity contribution in [2.24, 2.45) is 10.7 Å². The number of fused-ring (bicyclic) bond motifs is 1. The van der Waals surface area contributed by atoms with Crippen LogP contribution in [-0.4, -0.2) is 18.3 Å². The van der Waals surface area contributed by atoms with Gasteiger partial charge in [-0.3, -0.25) is 0 Å². The zero-order valence-corrected chi connectivity index (χ0v) is 9.82. The topological polar surface area (TPSA) is 77.5 Å². The lowest BCUT2D eigenvalue weighted by Crippen LogP contribution is -2.03. The minimum Gasteiger partial charge on any atom is -0.492 e. The number of hydrogen-bond donors (Lipinski definition) is 2. The van der Waals surface area contributed by atoms with Crippen molar-refractivity contribution in [2.45, 2.75) is 6.92 Å². The largest absolute Gasteiger partial charge is 0.492 e. The summed E-state index contributed by atoms with van der Waals surface area (Å²) in [4.78, 5) is 10.5. The summed E-state index contributed by atoms with van der Waals surface area (Å²) in [6, 6.07) is 1.95. The average molecular weight is 231 g/mol. The molecule has 0 unspecified atom stereocenters. The number of aromatic nitrogens is 2. The number of nitrogens with zero attached hydrogens (tertiary/aromatic N) is 1. The number of aromatic amines is 2. The molecule has 0 atom stereocenters. The van der Waals surface area contributed by atoms with Crippen LogP contribution in [0.2, 0.25) is 0 Å². The molecule has 2 aromatic rings. The fourth-order valence-electron chi connectivity index (χ4n) is 1.55. The molecule has 2 heterocycles. The summed E-state index contributed by atoms with van der Waals surface area (Å²) < 4.78 is 5.25. The Kier molecular flexibility index (Phi) is 3.09. The summed E-state index contributed by atoms with van der Waals surface area (Å²) >= 11 is 0. The molecule has 0 aliphatic rings. The van der Waals surface area contributed by atoms with Crippen LogP contribution in [-0.2, 0) is 0 Å². The summed E-state index contributed by atoms with van der Waals surface area (Å²) in [5.41, 5.74) is 7.15. The summed E-state index contributed by atoms with van der Waals surface area (Å²) in [7, 11) is 1.64. The van der Waals surface area contributed by atoms with Gasteiger partial charge in [0.05, 0.1) is 12.5 Å². The van der Waals surface area contributed by atoms with Gasteiger partial charge in [0.2, 0.25) is 0 Å². The van der Waals surface area contributed by atoms with Crippen molar-refractivity contribution in [3.05, 3.63) is 30.2 Å². The number of nitrogens with two attached hydrogens (primary N) is 1. The highest BCUT2D eigenvalue weighted by Gasteiger charge is 2.12. The quantitative estimate of drug-likeness (QED) is 0.786. The van der Waals surface area contributed by atoms with E-state index < -0.39 is 0 Å². The first-order chi connectivity index (χ1) is 8.22. The lowest BCUT2D eigenvalue weighted by Gasteiger charge is -1.98. The van der Waals surface area contributed by atoms with E-state index in [1.54, 1.807) is 25.6 Å². The van der Waals surface area contributed by atoms with Crippen LogP contribution < -0.4 is 15.5 Å². The second-order valence-electron chi connectivity index (χ2n) is 3.66. The summed E-state index contributed by atoms with van der Waals surface area (Å²) in [6.45, 7) is 1.81. The predicted molar refractivity (Wildman–Crippen MR) is 67.5 cm³/mol. The lowest BCUT2D eigenvalue weighted by atomic mass is 10.3. The third-order valence-electron chi connectivity index (χ3n) is 2.35. The Balaban J connectivity index is 2.46. The molecule has 5 nitrogen and oxygen atoms in total. The maximum absolute atomic E-state index is 5.53. The third kappa shape index (κ3) is 2.28. The van der Waals surface area contributed by atoms with Gasteiger partial charge in [-0.25, -0.2) is 4.98 Å². The van der Waals surface area contributed by atoms with E-state index in [0.717, 1.165) is 22.5 Å². The smallest absolute Gasteiger partial charge is 0.345 e. The van der Waals surface area contributed by atoms with Gasteiger partial charge in [0, 0.05) is 18.0 Å². The van der Waals surface area contributed by atoms with E-state index in [1.165, 1.54) is 0 Å². The van der Waals surface area contributed by atoms with Crippen LogP contribution in [0.4, 0.5) is 5.82 Å². The number of nitrogens with one attached hydrogen (secondary N) is 2. The maximum Gasteiger partial charge on any atom is 0.345 e. The molecule has 17 heavy (non-hydrogen) atoms. The standard InChI is InChI=1S/C12H14N4O/c1-8(13)3-5-15-12-11-9(4-6-14-11)10(17-2)7-16-12/h3-7,14H,13H2,1-2H3/p+1. The molecule has 0 radical (unpaired) electrons. The number of pyridine rings is 1. The fourth-order valence-corrected chi connectivity index (χ4v) is 1.55. The molecule has 0 spiro atoms. The van der Waals surface area contributed by atoms with Crippen LogP contribution in [0.5, 0.6) is 5.75 Å². The molecule has 0 amide bonds. The average Bonchev–Trinajstić information content (AvgIpc) is 2.78. The molecule has 0 bridgehead atoms. The van der Waals surface area contributed by atoms with Crippen molar-refractivity contribution in [3.63, 3.8) is 0 Å². The van der Waals surface area contributed by atoms with Crippen LogP contribution >= 0.6 is 0 Å². The van der Waals surface area contributed by atoms with Crippen LogP contribution in [0, 0.1) is 0 Å². The molecule has 0 fully saturated rings. The van der Waals surface area contributed by atoms with E-state index in [-0.39, 0.29) is 0 Å². The fraction of sp³-hybridized carbons (Fsp3) is 0.167. The van der Waals surface area contributed by atoms with Gasteiger partial charge < -0.3 is 15.5 Å². The molecule has 0 aliphatic heterocycles. The number of hydrogen-bond acceptors (Lipinski definition) is 3. The Labute approximate surface area is 99.0 Å². The molecule has 5 heteroatoms. The number of methoxy groups -OCH3 is 1. The highest BCUT2D eigenvalue weighted by atomic mass is 16.5. The van der Waals surface area contributed by atoms with Crippen molar-refractivity contribution < 1.29 is 9.72 Å². The Bertz CT molecular complexity index is 579. The first-order valence-corrected chi connectivity index (χ1v) is 5.24. The number of H-pyrrole nitrogens is 2. The Morgan fingerprint density at radius 3 is 3.12 bits per heavy atom. The van der Waals surface area contributed by atoms with E-state index in [4.69, 9.17) is 10.5 Å². The van der Waals surface area contributed by atoms with Gasteiger partial charge in [-0.05, 0) is 18.0 Å². The monoisotopic (exact) mass is 231 g/mol. The van der Waals surface area contributed by atoms with Crippen LogP contribution in [0.15, 0.2) is 35.2 Å². The maximum atomic E-state index is 5.53. The van der Waals surface area contributed by atoms with Gasteiger partial charge in [0.15, 0.2) is 5.75 Å². The van der Waals surface area contributed by atoms with Crippen molar-refractivity contribution in [2.75, 3.05) is 7.11 Å². The van der Waals surface area contributed by atoms with Gasteiger partial charge in [-0.15, -0.1) is 0 Å². The van der Waals surface area contributed by atoms with E-state index >= 15 is 0 Å². The van der Waals surface area contributed by atoms with Crippen molar-refractivity contribution in [3.8, 4) is 5.75 Å². The third-order valence-corrected chi connectivity index (χ3v) is 2.35. The molecule has 4 N–H and O–H groups in total. The SMILES string of the molecule is COc1c[nH+]c(N=CC=C(C)N)c2[nH]ccc12. The van der Waals surface area contributed by atoms with Crippen LogP contribution in [0.1, 0.15) is 6.92 Å². The zero-order valence-electron chi connectivity index (χ0n) is 9.82. The molecule has 0 aliphatic carbocycles. The van der Waals surface area contributed by atoms with Crippen LogP contribution in [0.3, 0.4) is 0 Å². The summed E-state index contributed by atoms with van der Waals surface area (Å²) in [6.07, 6.45) is 7.03.